The topological polar surface area (TPSA) is 121 Å². The van der Waals surface area contributed by atoms with Crippen LogP contribution in [0.4, 0.5) is 4.79 Å². The van der Waals surface area contributed by atoms with Gasteiger partial charge in [0.25, 0.3) is 5.91 Å². The molecule has 8 nitrogen and oxygen atoms in total. The van der Waals surface area contributed by atoms with Gasteiger partial charge in [0.1, 0.15) is 6.10 Å². The van der Waals surface area contributed by atoms with E-state index in [1.54, 1.807) is 18.3 Å². The third-order valence-corrected chi connectivity index (χ3v) is 2.51. The predicted octanol–water partition coefficient (Wildman–Crippen LogP) is -0.719. The standard InChI is InChI=1S/C13H19N3O5/c17-8-11(9-18)21-13(20)16-6-2-5-15-12(19)10-3-1-4-14-7-10/h1,3-4,7,11,17-18H,2,5-6,8-9H2,(H,15,19)(H,16,20). The summed E-state index contributed by atoms with van der Waals surface area (Å²) < 4.78 is 4.70. The van der Waals surface area contributed by atoms with Crippen molar-refractivity contribution in [1.29, 1.82) is 0 Å². The zero-order valence-corrected chi connectivity index (χ0v) is 11.5. The molecule has 21 heavy (non-hydrogen) atoms. The van der Waals surface area contributed by atoms with Gasteiger partial charge in [-0.3, -0.25) is 9.78 Å². The summed E-state index contributed by atoms with van der Waals surface area (Å²) in [6.45, 7) is -0.191. The van der Waals surface area contributed by atoms with Crippen LogP contribution >= 0.6 is 0 Å². The van der Waals surface area contributed by atoms with Crippen molar-refractivity contribution < 1.29 is 24.5 Å². The summed E-state index contributed by atoms with van der Waals surface area (Å²) in [5.41, 5.74) is 0.471. The Kier molecular flexibility index (Phi) is 7.77. The van der Waals surface area contributed by atoms with Gasteiger partial charge >= 0.3 is 6.09 Å². The summed E-state index contributed by atoms with van der Waals surface area (Å²) >= 11 is 0. The Balaban J connectivity index is 2.12. The summed E-state index contributed by atoms with van der Waals surface area (Å²) in [6.07, 6.45) is 1.92. The van der Waals surface area contributed by atoms with Crippen LogP contribution < -0.4 is 10.6 Å². The van der Waals surface area contributed by atoms with Gasteiger partial charge in [0, 0.05) is 25.5 Å². The fraction of sp³-hybridized carbons (Fsp3) is 0.462. The number of carbonyl (C=O) groups excluding carboxylic acids is 2. The fourth-order valence-corrected chi connectivity index (χ4v) is 1.41. The third-order valence-electron chi connectivity index (χ3n) is 2.51. The summed E-state index contributed by atoms with van der Waals surface area (Å²) in [4.78, 5) is 26.7. The maximum atomic E-state index is 11.6. The number of aromatic nitrogens is 1. The number of rotatable bonds is 8. The van der Waals surface area contributed by atoms with E-state index in [-0.39, 0.29) is 5.91 Å². The molecule has 0 aliphatic carbocycles. The molecule has 4 N–H and O–H groups in total. The lowest BCUT2D eigenvalue weighted by Gasteiger charge is -2.13. The Labute approximate surface area is 122 Å². The Morgan fingerprint density at radius 1 is 1.24 bits per heavy atom. The van der Waals surface area contributed by atoms with Crippen molar-refractivity contribution in [3.63, 3.8) is 0 Å². The number of nitrogens with zero attached hydrogens (tertiary/aromatic N) is 1. The maximum Gasteiger partial charge on any atom is 0.407 e. The van der Waals surface area contributed by atoms with Gasteiger partial charge in [-0.25, -0.2) is 4.79 Å². The summed E-state index contributed by atoms with van der Waals surface area (Å²) in [7, 11) is 0. The van der Waals surface area contributed by atoms with E-state index in [0.717, 1.165) is 0 Å². The van der Waals surface area contributed by atoms with Crippen molar-refractivity contribution in [3.8, 4) is 0 Å². The van der Waals surface area contributed by atoms with Crippen LogP contribution in [-0.2, 0) is 4.74 Å². The van der Waals surface area contributed by atoms with E-state index in [9.17, 15) is 9.59 Å². The van der Waals surface area contributed by atoms with E-state index in [1.807, 2.05) is 0 Å². The third kappa shape index (κ3) is 6.68. The van der Waals surface area contributed by atoms with Crippen molar-refractivity contribution in [1.82, 2.24) is 15.6 Å². The molecule has 8 heteroatoms. The monoisotopic (exact) mass is 297 g/mol. The van der Waals surface area contributed by atoms with Gasteiger partial charge in [0.05, 0.1) is 18.8 Å². The van der Waals surface area contributed by atoms with Crippen molar-refractivity contribution >= 4 is 12.0 Å². The van der Waals surface area contributed by atoms with Gasteiger partial charge in [-0.15, -0.1) is 0 Å². The summed E-state index contributed by atoms with van der Waals surface area (Å²) in [5, 5.41) is 22.6. The number of carbonyl (C=O) groups is 2. The van der Waals surface area contributed by atoms with Gasteiger partial charge < -0.3 is 25.6 Å². The maximum absolute atomic E-state index is 11.6. The van der Waals surface area contributed by atoms with Crippen LogP contribution in [0.25, 0.3) is 0 Å². The van der Waals surface area contributed by atoms with Crippen molar-refractivity contribution in [2.75, 3.05) is 26.3 Å². The van der Waals surface area contributed by atoms with Crippen LogP contribution in [0.2, 0.25) is 0 Å². The number of alkyl carbamates (subject to hydrolysis) is 1. The lowest BCUT2D eigenvalue weighted by Crippen LogP contribution is -2.34. The molecule has 0 saturated carbocycles. The Hall–Kier alpha value is -2.19. The van der Waals surface area contributed by atoms with Crippen LogP contribution in [-0.4, -0.2) is 59.6 Å². The smallest absolute Gasteiger partial charge is 0.407 e. The molecule has 0 bridgehead atoms. The number of aliphatic hydroxyl groups is 2. The second-order valence-corrected chi connectivity index (χ2v) is 4.17. The minimum absolute atomic E-state index is 0.230. The first-order valence-electron chi connectivity index (χ1n) is 6.51. The van der Waals surface area contributed by atoms with E-state index in [1.165, 1.54) is 6.20 Å². The van der Waals surface area contributed by atoms with Crippen LogP contribution in [0.15, 0.2) is 24.5 Å². The van der Waals surface area contributed by atoms with Gasteiger partial charge in [0.15, 0.2) is 0 Å². The SMILES string of the molecule is O=C(NCCCNC(=O)c1cccnc1)OC(CO)CO. The molecule has 0 aromatic carbocycles. The van der Waals surface area contributed by atoms with Crippen LogP contribution in [0, 0.1) is 0 Å². The number of amides is 2. The number of hydrogen-bond acceptors (Lipinski definition) is 6. The highest BCUT2D eigenvalue weighted by Crippen LogP contribution is 1.95. The predicted molar refractivity (Wildman–Crippen MR) is 73.6 cm³/mol. The van der Waals surface area contributed by atoms with Gasteiger partial charge in [-0.2, -0.15) is 0 Å². The largest absolute Gasteiger partial charge is 0.441 e. The zero-order valence-electron chi connectivity index (χ0n) is 11.5. The van der Waals surface area contributed by atoms with Gasteiger partial charge in [-0.05, 0) is 18.6 Å². The lowest BCUT2D eigenvalue weighted by atomic mass is 10.2. The van der Waals surface area contributed by atoms with E-state index in [2.05, 4.69) is 15.6 Å². The Morgan fingerprint density at radius 3 is 2.57 bits per heavy atom. The van der Waals surface area contributed by atoms with Crippen molar-refractivity contribution in [2.45, 2.75) is 12.5 Å². The molecule has 0 unspecified atom stereocenters. The highest BCUT2D eigenvalue weighted by atomic mass is 16.6. The van der Waals surface area contributed by atoms with E-state index in [4.69, 9.17) is 14.9 Å². The molecule has 1 heterocycles. The quantitative estimate of drug-likeness (QED) is 0.470. The van der Waals surface area contributed by atoms with Crippen LogP contribution in [0.3, 0.4) is 0 Å². The normalized spacial score (nSPS) is 10.2. The van der Waals surface area contributed by atoms with Crippen LogP contribution in [0.1, 0.15) is 16.8 Å². The fourth-order valence-electron chi connectivity index (χ4n) is 1.41. The highest BCUT2D eigenvalue weighted by Gasteiger charge is 2.11. The average Bonchev–Trinajstić information content (AvgIpc) is 2.52. The number of nitrogens with one attached hydrogen (secondary N) is 2. The molecule has 0 spiro atoms. The average molecular weight is 297 g/mol. The number of hydrogen-bond donors (Lipinski definition) is 4. The Morgan fingerprint density at radius 2 is 1.95 bits per heavy atom. The highest BCUT2D eigenvalue weighted by molar-refractivity contribution is 5.93. The Bertz CT molecular complexity index is 437. The molecule has 0 atom stereocenters. The first-order valence-corrected chi connectivity index (χ1v) is 6.51. The molecular formula is C13H19N3O5. The minimum atomic E-state index is -0.921. The molecule has 0 radical (unpaired) electrons. The molecule has 1 aromatic rings. The molecule has 1 aromatic heterocycles. The molecule has 0 aliphatic heterocycles. The number of pyridine rings is 1. The first-order chi connectivity index (χ1) is 10.2. The molecule has 2 amide bonds. The minimum Gasteiger partial charge on any atom is -0.441 e. The molecule has 0 aliphatic rings. The summed E-state index contributed by atoms with van der Waals surface area (Å²) in [5.74, 6) is -0.230. The lowest BCUT2D eigenvalue weighted by molar-refractivity contribution is 0.0223. The van der Waals surface area contributed by atoms with E-state index < -0.39 is 25.4 Å². The van der Waals surface area contributed by atoms with Crippen LogP contribution in [0.5, 0.6) is 0 Å². The van der Waals surface area contributed by atoms with Gasteiger partial charge in [-0.1, -0.05) is 0 Å². The molecule has 116 valence electrons. The van der Waals surface area contributed by atoms with E-state index >= 15 is 0 Å². The second kappa shape index (κ2) is 9.67. The van der Waals surface area contributed by atoms with Crippen molar-refractivity contribution in [2.24, 2.45) is 0 Å². The van der Waals surface area contributed by atoms with E-state index in [0.29, 0.717) is 25.1 Å². The molecular weight excluding hydrogens is 278 g/mol. The number of aliphatic hydroxyl groups excluding tert-OH is 2. The molecule has 0 saturated heterocycles. The zero-order chi connectivity index (χ0) is 15.5. The summed E-state index contributed by atoms with van der Waals surface area (Å²) in [6, 6.07) is 3.33. The van der Waals surface area contributed by atoms with Gasteiger partial charge in [0.2, 0.25) is 0 Å². The number of ether oxygens (including phenoxy) is 1. The molecule has 0 fully saturated rings. The second-order valence-electron chi connectivity index (χ2n) is 4.17. The first kappa shape index (κ1) is 16.9. The molecule has 1 rings (SSSR count). The van der Waals surface area contributed by atoms with Crippen molar-refractivity contribution in [3.05, 3.63) is 30.1 Å².